The Morgan fingerprint density at radius 3 is 2.30 bits per heavy atom. The Bertz CT molecular complexity index is 638. The third-order valence-electron chi connectivity index (χ3n) is 2.25. The van der Waals surface area contributed by atoms with E-state index in [-0.39, 0.29) is 0 Å². The normalized spacial score (nSPS) is 11.2. The van der Waals surface area contributed by atoms with Crippen LogP contribution in [0.5, 0.6) is 5.75 Å². The molecule has 9 nitrogen and oxygen atoms in total. The average Bonchev–Trinajstić information content (AvgIpc) is 2.45. The fourth-order valence-corrected chi connectivity index (χ4v) is 1.19. The van der Waals surface area contributed by atoms with Gasteiger partial charge in [0.15, 0.2) is 6.61 Å². The highest BCUT2D eigenvalue weighted by atomic mass is 19.3. The minimum absolute atomic E-state index is 0.455. The summed E-state index contributed by atoms with van der Waals surface area (Å²) in [4.78, 5) is 30.2. The first-order valence-electron chi connectivity index (χ1n) is 5.48. The molecule has 0 atom stereocenters. The van der Waals surface area contributed by atoms with Gasteiger partial charge in [0.05, 0.1) is 15.9 Å². The van der Waals surface area contributed by atoms with Crippen LogP contribution in [-0.2, 0) is 4.74 Å². The molecule has 0 aliphatic carbocycles. The van der Waals surface area contributed by atoms with Gasteiger partial charge in [-0.25, -0.2) is 13.6 Å². The highest BCUT2D eigenvalue weighted by molar-refractivity contribution is 5.67. The molecule has 0 bridgehead atoms. The van der Waals surface area contributed by atoms with Crippen molar-refractivity contribution in [3.63, 3.8) is 0 Å². The fraction of sp³-hybridized carbons (Fsp3) is 0.300. The van der Waals surface area contributed by atoms with Gasteiger partial charge in [0.1, 0.15) is 0 Å². The number of carbonyl (C=O) groups excluding carboxylic acids is 1. The lowest BCUT2D eigenvalue weighted by molar-refractivity contribution is -0.394. The van der Waals surface area contributed by atoms with Crippen LogP contribution in [0.4, 0.5) is 33.7 Å². The molecular weight excluding hydrogens is 336 g/mol. The highest BCUT2D eigenvalue weighted by Gasteiger charge is 2.42. The summed E-state index contributed by atoms with van der Waals surface area (Å²) in [6.45, 7) is -2.01. The third-order valence-corrected chi connectivity index (χ3v) is 2.25. The summed E-state index contributed by atoms with van der Waals surface area (Å²) in [6, 6.07) is 1.85. The Morgan fingerprint density at radius 1 is 1.22 bits per heavy atom. The number of nitro groups is 2. The smallest absolute Gasteiger partial charge is 0.427 e. The number of alkyl halides is 4. The number of carbonyl (C=O) groups is 1. The average molecular weight is 342 g/mol. The maximum Gasteiger partial charge on any atom is 0.514 e. The molecule has 0 aromatic heterocycles. The SMILES string of the molecule is O=C(OCC(F)(F)C(F)F)Oc1ccc([N+](=O)[O-])cc1[N+](=O)[O-]. The molecule has 0 fully saturated rings. The number of rotatable bonds is 6. The molecule has 126 valence electrons. The number of non-ortho nitro benzene ring substituents is 1. The lowest BCUT2D eigenvalue weighted by atomic mass is 10.2. The minimum atomic E-state index is -4.62. The molecule has 0 saturated heterocycles. The summed E-state index contributed by atoms with van der Waals surface area (Å²) in [7, 11) is 0. The second-order valence-electron chi connectivity index (χ2n) is 3.87. The molecule has 0 heterocycles. The van der Waals surface area contributed by atoms with Gasteiger partial charge in [-0.2, -0.15) is 8.78 Å². The molecule has 0 radical (unpaired) electrons. The molecule has 1 rings (SSSR count). The van der Waals surface area contributed by atoms with E-state index in [0.717, 1.165) is 6.07 Å². The molecule has 1 aromatic carbocycles. The van der Waals surface area contributed by atoms with E-state index in [1.807, 2.05) is 0 Å². The molecule has 1 aromatic rings. The largest absolute Gasteiger partial charge is 0.514 e. The van der Waals surface area contributed by atoms with Gasteiger partial charge in [-0.3, -0.25) is 20.2 Å². The Kier molecular flexibility index (Phi) is 5.38. The molecule has 0 saturated carbocycles. The van der Waals surface area contributed by atoms with Gasteiger partial charge in [-0.1, -0.05) is 0 Å². The van der Waals surface area contributed by atoms with Crippen LogP contribution < -0.4 is 4.74 Å². The van der Waals surface area contributed by atoms with Gasteiger partial charge < -0.3 is 9.47 Å². The Labute approximate surface area is 123 Å². The van der Waals surface area contributed by atoms with Crippen molar-refractivity contribution in [2.75, 3.05) is 6.61 Å². The summed E-state index contributed by atoms with van der Waals surface area (Å²) in [5, 5.41) is 21.2. The van der Waals surface area contributed by atoms with Crippen LogP contribution in [0, 0.1) is 20.2 Å². The summed E-state index contributed by atoms with van der Waals surface area (Å²) in [6.07, 6.45) is -6.01. The van der Waals surface area contributed by atoms with Gasteiger partial charge >= 0.3 is 24.2 Å². The first kappa shape index (κ1) is 18.1. The van der Waals surface area contributed by atoms with Gasteiger partial charge in [-0.05, 0) is 6.07 Å². The van der Waals surface area contributed by atoms with Crippen LogP contribution in [0.15, 0.2) is 18.2 Å². The van der Waals surface area contributed by atoms with Gasteiger partial charge in [-0.15, -0.1) is 0 Å². The van der Waals surface area contributed by atoms with Crippen molar-refractivity contribution >= 4 is 17.5 Å². The van der Waals surface area contributed by atoms with Crippen LogP contribution in [0.3, 0.4) is 0 Å². The number of hydrogen-bond donors (Lipinski definition) is 0. The van der Waals surface area contributed by atoms with E-state index in [2.05, 4.69) is 9.47 Å². The number of halogens is 4. The molecule has 0 aliphatic rings. The lowest BCUT2D eigenvalue weighted by Crippen LogP contribution is -2.34. The lowest BCUT2D eigenvalue weighted by Gasteiger charge is -2.14. The van der Waals surface area contributed by atoms with Crippen LogP contribution >= 0.6 is 0 Å². The van der Waals surface area contributed by atoms with E-state index < -0.39 is 52.1 Å². The van der Waals surface area contributed by atoms with Crippen LogP contribution in [0.25, 0.3) is 0 Å². The van der Waals surface area contributed by atoms with Crippen molar-refractivity contribution < 1.29 is 41.7 Å². The maximum atomic E-state index is 12.5. The van der Waals surface area contributed by atoms with Crippen molar-refractivity contribution in [3.8, 4) is 5.75 Å². The monoisotopic (exact) mass is 342 g/mol. The van der Waals surface area contributed by atoms with Crippen molar-refractivity contribution in [2.24, 2.45) is 0 Å². The van der Waals surface area contributed by atoms with E-state index in [1.165, 1.54) is 0 Å². The summed E-state index contributed by atoms with van der Waals surface area (Å²) < 4.78 is 56.7. The van der Waals surface area contributed by atoms with Gasteiger partial charge in [0, 0.05) is 6.07 Å². The van der Waals surface area contributed by atoms with Gasteiger partial charge in [0.2, 0.25) is 5.75 Å². The Morgan fingerprint density at radius 2 is 1.83 bits per heavy atom. The topological polar surface area (TPSA) is 122 Å². The maximum absolute atomic E-state index is 12.5. The van der Waals surface area contributed by atoms with E-state index in [0.29, 0.717) is 12.1 Å². The summed E-state index contributed by atoms with van der Waals surface area (Å²) in [5.41, 5.74) is -1.71. The quantitative estimate of drug-likeness (QED) is 0.256. The number of nitro benzene ring substituents is 2. The number of ether oxygens (including phenoxy) is 2. The third kappa shape index (κ3) is 4.76. The fourth-order valence-electron chi connectivity index (χ4n) is 1.19. The van der Waals surface area contributed by atoms with Crippen molar-refractivity contribution in [1.82, 2.24) is 0 Å². The first-order chi connectivity index (χ1) is 10.5. The standard InChI is InChI=1S/C10H6F4N2O7/c11-8(12)10(13,14)4-22-9(17)23-7-2-1-5(15(18)19)3-6(7)16(20)21/h1-3,8H,4H2. The zero-order valence-corrected chi connectivity index (χ0v) is 10.8. The van der Waals surface area contributed by atoms with E-state index in [4.69, 9.17) is 0 Å². The van der Waals surface area contributed by atoms with E-state index >= 15 is 0 Å². The zero-order chi connectivity index (χ0) is 17.8. The highest BCUT2D eigenvalue weighted by Crippen LogP contribution is 2.31. The van der Waals surface area contributed by atoms with Crippen LogP contribution in [0.2, 0.25) is 0 Å². The zero-order valence-electron chi connectivity index (χ0n) is 10.8. The minimum Gasteiger partial charge on any atom is -0.427 e. The predicted molar refractivity (Wildman–Crippen MR) is 62.7 cm³/mol. The number of hydrogen-bond acceptors (Lipinski definition) is 7. The molecule has 0 spiro atoms. The second kappa shape index (κ2) is 6.85. The molecular formula is C10H6F4N2O7. The van der Waals surface area contributed by atoms with Crippen LogP contribution in [-0.4, -0.2) is 35.0 Å². The van der Waals surface area contributed by atoms with Crippen molar-refractivity contribution in [2.45, 2.75) is 12.3 Å². The molecule has 13 heteroatoms. The van der Waals surface area contributed by atoms with Crippen molar-refractivity contribution in [3.05, 3.63) is 38.4 Å². The van der Waals surface area contributed by atoms with Gasteiger partial charge in [0.25, 0.3) is 5.69 Å². The van der Waals surface area contributed by atoms with E-state index in [9.17, 15) is 42.6 Å². The molecule has 0 aliphatic heterocycles. The first-order valence-corrected chi connectivity index (χ1v) is 5.48. The Balaban J connectivity index is 2.86. The predicted octanol–water partition coefficient (Wildman–Crippen LogP) is 2.92. The van der Waals surface area contributed by atoms with Crippen LogP contribution in [0.1, 0.15) is 0 Å². The second-order valence-corrected chi connectivity index (χ2v) is 3.87. The molecule has 23 heavy (non-hydrogen) atoms. The van der Waals surface area contributed by atoms with Crippen molar-refractivity contribution in [1.29, 1.82) is 0 Å². The number of benzene rings is 1. The summed E-state index contributed by atoms with van der Waals surface area (Å²) in [5.74, 6) is -5.47. The van der Waals surface area contributed by atoms with E-state index in [1.54, 1.807) is 0 Å². The molecule has 0 N–H and O–H groups in total. The summed E-state index contributed by atoms with van der Waals surface area (Å²) >= 11 is 0. The Hall–Kier alpha value is -2.99. The molecule has 0 unspecified atom stereocenters. The molecule has 0 amide bonds. The number of nitrogens with zero attached hydrogens (tertiary/aromatic N) is 2.